The molecule has 0 spiro atoms. The van der Waals surface area contributed by atoms with Crippen LogP contribution in [-0.2, 0) is 9.53 Å². The molecule has 182 valence electrons. The number of allylic oxidation sites excluding steroid dienone is 1. The topological polar surface area (TPSA) is 163 Å². The molecule has 2 fully saturated rings. The van der Waals surface area contributed by atoms with E-state index >= 15 is 0 Å². The maximum Gasteiger partial charge on any atom is 0.234 e. The average Bonchev–Trinajstić information content (AvgIpc) is 3.14. The second-order valence-corrected chi connectivity index (χ2v) is 9.35. The molecule has 2 aromatic rings. The Morgan fingerprint density at radius 3 is 2.60 bits per heavy atom. The van der Waals surface area contributed by atoms with Gasteiger partial charge in [-0.25, -0.2) is 0 Å². The van der Waals surface area contributed by atoms with Gasteiger partial charge in [-0.15, -0.1) is 0 Å². The number of benzene rings is 2. The van der Waals surface area contributed by atoms with E-state index in [-0.39, 0.29) is 35.2 Å². The van der Waals surface area contributed by atoms with Gasteiger partial charge >= 0.3 is 0 Å². The largest absolute Gasteiger partial charge is 0.508 e. The Balaban J connectivity index is 1.46. The number of ketones is 2. The van der Waals surface area contributed by atoms with Gasteiger partial charge in [0.1, 0.15) is 22.8 Å². The summed E-state index contributed by atoms with van der Waals surface area (Å²) in [4.78, 5) is 26.2. The summed E-state index contributed by atoms with van der Waals surface area (Å²) in [5.74, 6) is -6.84. The summed E-state index contributed by atoms with van der Waals surface area (Å²) in [7, 11) is 1.42. The third kappa shape index (κ3) is 2.81. The number of carbonyl (C=O) groups excluding carboxylic acids is 2. The van der Waals surface area contributed by atoms with Crippen LogP contribution in [0.2, 0.25) is 0 Å². The maximum absolute atomic E-state index is 13.3. The number of ether oxygens (including phenoxy) is 3. The van der Waals surface area contributed by atoms with Crippen molar-refractivity contribution in [2.24, 2.45) is 17.8 Å². The molecule has 2 heterocycles. The molecule has 7 rings (SSSR count). The highest BCUT2D eigenvalue weighted by molar-refractivity contribution is 6.06. The van der Waals surface area contributed by atoms with E-state index in [2.05, 4.69) is 0 Å². The van der Waals surface area contributed by atoms with Gasteiger partial charge in [0.05, 0.1) is 19.6 Å². The van der Waals surface area contributed by atoms with Gasteiger partial charge in [0, 0.05) is 29.9 Å². The fraction of sp³-hybridized carbons (Fsp3) is 0.360. The van der Waals surface area contributed by atoms with Gasteiger partial charge in [0.25, 0.3) is 0 Å². The lowest BCUT2D eigenvalue weighted by molar-refractivity contribution is -0.206. The summed E-state index contributed by atoms with van der Waals surface area (Å²) in [5, 5.41) is 52.0. The van der Waals surface area contributed by atoms with Crippen molar-refractivity contribution in [2.45, 2.75) is 23.9 Å². The quantitative estimate of drug-likeness (QED) is 0.399. The standard InChI is InChI=1S/C25H22O10/c1-33-16-4-9(2-3-14(16)27)18-11-7-12(20-13(18)8-34-25(20,32)24(11)31)23-22(30)21(29)19-15(28)5-10(26)6-17(19)35-23/h2-7,11,13,18,20,22-23,26-28,30,32H,8H2,1H3/t11-,13+,18-,20+,22-,23+,25-/m0/s1. The summed E-state index contributed by atoms with van der Waals surface area (Å²) in [6.07, 6.45) is -1.37. The predicted molar refractivity (Wildman–Crippen MR) is 116 cm³/mol. The van der Waals surface area contributed by atoms with Crippen LogP contribution in [0.3, 0.4) is 0 Å². The number of hydrogen-bond donors (Lipinski definition) is 5. The van der Waals surface area contributed by atoms with Gasteiger partial charge in [-0.05, 0) is 23.3 Å². The zero-order valence-corrected chi connectivity index (χ0v) is 18.4. The van der Waals surface area contributed by atoms with Crippen molar-refractivity contribution < 1.29 is 49.3 Å². The summed E-state index contributed by atoms with van der Waals surface area (Å²) >= 11 is 0. The van der Waals surface area contributed by atoms with E-state index in [1.54, 1.807) is 18.2 Å². The van der Waals surface area contributed by atoms with Crippen LogP contribution in [0, 0.1) is 17.8 Å². The first-order valence-corrected chi connectivity index (χ1v) is 11.1. The summed E-state index contributed by atoms with van der Waals surface area (Å²) in [6, 6.07) is 6.91. The van der Waals surface area contributed by atoms with Crippen LogP contribution >= 0.6 is 0 Å². The normalized spacial score (nSPS) is 34.9. The lowest BCUT2D eigenvalue weighted by atomic mass is 9.55. The van der Waals surface area contributed by atoms with E-state index in [1.807, 2.05) is 0 Å². The smallest absolute Gasteiger partial charge is 0.234 e. The van der Waals surface area contributed by atoms with Crippen LogP contribution in [0.4, 0.5) is 0 Å². The molecule has 0 aromatic heterocycles. The Bertz CT molecular complexity index is 1320. The van der Waals surface area contributed by atoms with Crippen LogP contribution in [0.1, 0.15) is 21.8 Å². The minimum Gasteiger partial charge on any atom is -0.508 e. The number of methoxy groups -OCH3 is 1. The Kier molecular flexibility index (Phi) is 4.51. The third-order valence-corrected chi connectivity index (χ3v) is 7.62. The lowest BCUT2D eigenvalue weighted by Crippen LogP contribution is -2.60. The number of fused-ring (bicyclic) bond motifs is 1. The van der Waals surface area contributed by atoms with Crippen molar-refractivity contribution in [2.75, 3.05) is 13.7 Å². The maximum atomic E-state index is 13.3. The fourth-order valence-corrected chi connectivity index (χ4v) is 6.16. The van der Waals surface area contributed by atoms with Gasteiger partial charge in [-0.3, -0.25) is 9.59 Å². The highest BCUT2D eigenvalue weighted by Gasteiger charge is 2.69. The van der Waals surface area contributed by atoms with Crippen LogP contribution in [-0.4, -0.2) is 68.8 Å². The minimum absolute atomic E-state index is 0.0452. The zero-order valence-electron chi connectivity index (χ0n) is 18.4. The molecular formula is C25H22O10. The molecule has 5 N–H and O–H groups in total. The Labute approximate surface area is 198 Å². The second-order valence-electron chi connectivity index (χ2n) is 9.35. The zero-order chi connectivity index (χ0) is 24.8. The molecule has 0 radical (unpaired) electrons. The first-order chi connectivity index (χ1) is 16.7. The highest BCUT2D eigenvalue weighted by Crippen LogP contribution is 2.61. The summed E-state index contributed by atoms with van der Waals surface area (Å²) < 4.78 is 16.7. The number of carbonyl (C=O) groups is 2. The van der Waals surface area contributed by atoms with Crippen molar-refractivity contribution in [3.05, 3.63) is 53.1 Å². The predicted octanol–water partition coefficient (Wildman–Crippen LogP) is 0.990. The number of aliphatic hydroxyl groups is 2. The van der Waals surface area contributed by atoms with E-state index in [9.17, 15) is 35.1 Å². The molecule has 2 aliphatic heterocycles. The average molecular weight is 482 g/mol. The molecular weight excluding hydrogens is 460 g/mol. The van der Waals surface area contributed by atoms with E-state index in [4.69, 9.17) is 14.2 Å². The first-order valence-electron chi connectivity index (χ1n) is 11.1. The van der Waals surface area contributed by atoms with Crippen LogP contribution < -0.4 is 9.47 Å². The van der Waals surface area contributed by atoms with E-state index in [1.165, 1.54) is 13.2 Å². The Morgan fingerprint density at radius 1 is 1.09 bits per heavy atom. The minimum atomic E-state index is -2.13. The molecule has 10 nitrogen and oxygen atoms in total. The van der Waals surface area contributed by atoms with Crippen LogP contribution in [0.5, 0.6) is 28.7 Å². The van der Waals surface area contributed by atoms with Gasteiger partial charge < -0.3 is 39.7 Å². The summed E-state index contributed by atoms with van der Waals surface area (Å²) in [6.45, 7) is 0.0452. The number of aromatic hydroxyl groups is 3. The molecule has 4 bridgehead atoms. The van der Waals surface area contributed by atoms with E-state index in [0.29, 0.717) is 11.1 Å². The van der Waals surface area contributed by atoms with Gasteiger partial charge in [0.2, 0.25) is 11.6 Å². The lowest BCUT2D eigenvalue weighted by Gasteiger charge is -2.50. The van der Waals surface area contributed by atoms with Crippen LogP contribution in [0.15, 0.2) is 42.0 Å². The Morgan fingerprint density at radius 2 is 1.86 bits per heavy atom. The monoisotopic (exact) mass is 482 g/mol. The van der Waals surface area contributed by atoms with Crippen molar-refractivity contribution in [3.63, 3.8) is 0 Å². The second kappa shape index (κ2) is 7.20. The molecule has 1 saturated heterocycles. The molecule has 1 saturated carbocycles. The number of Topliss-reactive ketones (excluding diaryl/α,β-unsaturated/α-hetero) is 2. The van der Waals surface area contributed by atoms with Gasteiger partial charge in [0.15, 0.2) is 29.5 Å². The van der Waals surface area contributed by atoms with E-state index in [0.717, 1.165) is 12.1 Å². The molecule has 0 amide bonds. The number of hydrogen-bond acceptors (Lipinski definition) is 10. The molecule has 7 atom stereocenters. The van der Waals surface area contributed by atoms with Gasteiger partial charge in [-0.1, -0.05) is 12.1 Å². The molecule has 0 unspecified atom stereocenters. The third-order valence-electron chi connectivity index (χ3n) is 7.62. The van der Waals surface area contributed by atoms with Crippen molar-refractivity contribution in [1.82, 2.24) is 0 Å². The Hall–Kier alpha value is -3.60. The van der Waals surface area contributed by atoms with Crippen molar-refractivity contribution >= 4 is 11.6 Å². The first kappa shape index (κ1) is 21.9. The van der Waals surface area contributed by atoms with Crippen molar-refractivity contribution in [3.8, 4) is 28.7 Å². The fourth-order valence-electron chi connectivity index (χ4n) is 6.16. The molecule has 35 heavy (non-hydrogen) atoms. The van der Waals surface area contributed by atoms with E-state index < -0.39 is 59.0 Å². The SMILES string of the molecule is COc1cc([C@@H]2[C@H]3CO[C@]4(O)C(=O)[C@H]2C=C([C@H]2Oc5cc(O)cc(O)c5C(=O)[C@@H]2O)[C@H]34)ccc1O. The number of aliphatic hydroxyl groups excluding tert-OH is 1. The van der Waals surface area contributed by atoms with Crippen molar-refractivity contribution in [1.29, 1.82) is 0 Å². The van der Waals surface area contributed by atoms with Crippen LogP contribution in [0.25, 0.3) is 0 Å². The number of rotatable bonds is 3. The molecule has 5 aliphatic rings. The number of phenols is 3. The molecule has 3 aliphatic carbocycles. The van der Waals surface area contributed by atoms with Gasteiger partial charge in [-0.2, -0.15) is 0 Å². The number of phenolic OH excluding ortho intramolecular Hbond substituents is 3. The molecule has 10 heteroatoms. The highest BCUT2D eigenvalue weighted by atomic mass is 16.6. The molecule has 2 aromatic carbocycles. The summed E-state index contributed by atoms with van der Waals surface area (Å²) in [5.41, 5.74) is 0.796.